The maximum atomic E-state index is 3.55. The molecule has 0 fully saturated rings. The lowest BCUT2D eigenvalue weighted by molar-refractivity contribution is 1.11. The van der Waals surface area contributed by atoms with Gasteiger partial charge in [0.05, 0.1) is 3.74 Å². The van der Waals surface area contributed by atoms with E-state index in [0.717, 1.165) is 24.3 Å². The van der Waals surface area contributed by atoms with Gasteiger partial charge in [-0.05, 0) is 81.8 Å². The van der Waals surface area contributed by atoms with Crippen LogP contribution in [-0.2, 0) is 6.42 Å². The summed E-state index contributed by atoms with van der Waals surface area (Å²) in [6.45, 7) is 0. The van der Waals surface area contributed by atoms with Crippen molar-refractivity contribution in [2.24, 2.45) is 0 Å². The molecule has 14 heavy (non-hydrogen) atoms. The van der Waals surface area contributed by atoms with Crippen molar-refractivity contribution in [3.8, 4) is 0 Å². The molecular formula is C8H4Br6. The largest absolute Gasteiger partial charge is 0.0761 e. The van der Waals surface area contributed by atoms with Gasteiger partial charge in [0, 0.05) is 17.9 Å². The first-order chi connectivity index (χ1) is 6.43. The summed E-state index contributed by atoms with van der Waals surface area (Å²) in [5.41, 5.74) is 1.23. The van der Waals surface area contributed by atoms with Crippen LogP contribution in [0, 0.1) is 0 Å². The molecule has 0 saturated heterocycles. The molecule has 0 radical (unpaired) electrons. The van der Waals surface area contributed by atoms with E-state index in [1.54, 1.807) is 0 Å². The summed E-state index contributed by atoms with van der Waals surface area (Å²) < 4.78 is 4.46. The maximum Gasteiger partial charge on any atom is 0.0738 e. The van der Waals surface area contributed by atoms with Gasteiger partial charge in [0.1, 0.15) is 0 Å². The molecule has 6 heteroatoms. The van der Waals surface area contributed by atoms with Crippen molar-refractivity contribution in [2.45, 2.75) is 10.2 Å². The lowest BCUT2D eigenvalue weighted by Crippen LogP contribution is -1.95. The smallest absolute Gasteiger partial charge is 0.0738 e. The Morgan fingerprint density at radius 1 is 0.929 bits per heavy atom. The minimum atomic E-state index is 0.284. The number of rotatable bonds is 2. The van der Waals surface area contributed by atoms with Crippen LogP contribution in [0.5, 0.6) is 0 Å². The van der Waals surface area contributed by atoms with Gasteiger partial charge in [0.2, 0.25) is 0 Å². The van der Waals surface area contributed by atoms with Crippen LogP contribution in [-0.4, -0.2) is 3.74 Å². The molecule has 0 heterocycles. The zero-order valence-corrected chi connectivity index (χ0v) is 16.1. The summed E-state index contributed by atoms with van der Waals surface area (Å²) in [6.07, 6.45) is 0.908. The Bertz CT molecular complexity index is 346. The van der Waals surface area contributed by atoms with E-state index >= 15 is 0 Å². The van der Waals surface area contributed by atoms with Crippen molar-refractivity contribution in [2.75, 3.05) is 0 Å². The summed E-state index contributed by atoms with van der Waals surface area (Å²) >= 11 is 21.0. The molecule has 0 unspecified atom stereocenters. The van der Waals surface area contributed by atoms with E-state index in [4.69, 9.17) is 0 Å². The van der Waals surface area contributed by atoms with Crippen molar-refractivity contribution in [1.82, 2.24) is 0 Å². The van der Waals surface area contributed by atoms with Crippen LogP contribution in [0.3, 0.4) is 0 Å². The number of benzene rings is 1. The second-order valence-electron chi connectivity index (χ2n) is 2.55. The molecule has 0 aromatic heterocycles. The van der Waals surface area contributed by atoms with Crippen molar-refractivity contribution >= 4 is 95.6 Å². The fourth-order valence-corrected chi connectivity index (χ4v) is 3.90. The van der Waals surface area contributed by atoms with E-state index in [0.29, 0.717) is 0 Å². The molecular weight excluding hydrogens is 576 g/mol. The zero-order valence-electron chi connectivity index (χ0n) is 6.63. The molecule has 0 spiro atoms. The van der Waals surface area contributed by atoms with E-state index in [2.05, 4.69) is 102 Å². The Balaban J connectivity index is 3.19. The fourth-order valence-electron chi connectivity index (χ4n) is 0.937. The molecule has 1 aromatic rings. The van der Waals surface area contributed by atoms with Crippen molar-refractivity contribution < 1.29 is 0 Å². The summed E-state index contributed by atoms with van der Waals surface area (Å²) in [5.74, 6) is 0. The molecule has 0 aliphatic heterocycles. The standard InChI is InChI=1S/C8H4Br6/c9-4-1-3(2-5(10)11)6(12)8(14)7(4)13/h1,5H,2H2. The van der Waals surface area contributed by atoms with E-state index in [-0.39, 0.29) is 3.74 Å². The van der Waals surface area contributed by atoms with Crippen LogP contribution < -0.4 is 0 Å². The minimum Gasteiger partial charge on any atom is -0.0761 e. The highest BCUT2D eigenvalue weighted by Gasteiger charge is 2.13. The number of alkyl halides is 2. The summed E-state index contributed by atoms with van der Waals surface area (Å²) in [4.78, 5) is 0. The molecule has 78 valence electrons. The number of halogens is 6. The quantitative estimate of drug-likeness (QED) is 0.216. The van der Waals surface area contributed by atoms with E-state index in [1.807, 2.05) is 0 Å². The molecule has 0 bridgehead atoms. The van der Waals surface area contributed by atoms with E-state index in [9.17, 15) is 0 Å². The molecule has 0 atom stereocenters. The highest BCUT2D eigenvalue weighted by molar-refractivity contribution is 9.24. The van der Waals surface area contributed by atoms with Gasteiger partial charge in [-0.25, -0.2) is 0 Å². The predicted octanol–water partition coefficient (Wildman–Crippen LogP) is 6.40. The second kappa shape index (κ2) is 6.15. The summed E-state index contributed by atoms with van der Waals surface area (Å²) in [7, 11) is 0. The third-order valence-electron chi connectivity index (χ3n) is 1.55. The molecule has 0 nitrogen and oxygen atoms in total. The Kier molecular flexibility index (Phi) is 6.22. The molecule has 1 rings (SSSR count). The molecule has 0 N–H and O–H groups in total. The van der Waals surface area contributed by atoms with Gasteiger partial charge in [0.25, 0.3) is 0 Å². The normalized spacial score (nSPS) is 11.1. The minimum absolute atomic E-state index is 0.284. The van der Waals surface area contributed by atoms with Gasteiger partial charge in [0.15, 0.2) is 0 Å². The first-order valence-electron chi connectivity index (χ1n) is 3.53. The van der Waals surface area contributed by atoms with Crippen LogP contribution in [0.25, 0.3) is 0 Å². The van der Waals surface area contributed by atoms with Gasteiger partial charge in [-0.1, -0.05) is 31.9 Å². The third kappa shape index (κ3) is 3.55. The average molecular weight is 580 g/mol. The molecule has 1 aromatic carbocycles. The Morgan fingerprint density at radius 2 is 1.50 bits per heavy atom. The molecule has 0 saturated carbocycles. The van der Waals surface area contributed by atoms with Crippen LogP contribution in [0.4, 0.5) is 0 Å². The molecule has 0 aliphatic carbocycles. The van der Waals surface area contributed by atoms with E-state index < -0.39 is 0 Å². The van der Waals surface area contributed by atoms with Crippen LogP contribution >= 0.6 is 95.6 Å². The fraction of sp³-hybridized carbons (Fsp3) is 0.250. The van der Waals surface area contributed by atoms with Crippen molar-refractivity contribution in [3.63, 3.8) is 0 Å². The number of hydrogen-bond acceptors (Lipinski definition) is 0. The van der Waals surface area contributed by atoms with Gasteiger partial charge >= 0.3 is 0 Å². The monoisotopic (exact) mass is 574 g/mol. The SMILES string of the molecule is Brc1cc(CC(Br)Br)c(Br)c(Br)c1Br. The van der Waals surface area contributed by atoms with Crippen LogP contribution in [0.15, 0.2) is 24.0 Å². The lowest BCUT2D eigenvalue weighted by Gasteiger charge is -2.10. The first kappa shape index (κ1) is 14.2. The van der Waals surface area contributed by atoms with Gasteiger partial charge in [-0.15, -0.1) is 0 Å². The van der Waals surface area contributed by atoms with Crippen molar-refractivity contribution in [3.05, 3.63) is 29.5 Å². The Hall–Kier alpha value is 2.10. The predicted molar refractivity (Wildman–Crippen MR) is 82.6 cm³/mol. The Labute approximate surface area is 133 Å². The first-order valence-corrected chi connectivity index (χ1v) is 8.53. The third-order valence-corrected chi connectivity index (χ3v) is 6.94. The molecule has 0 amide bonds. The van der Waals surface area contributed by atoms with Crippen LogP contribution in [0.1, 0.15) is 5.56 Å². The summed E-state index contributed by atoms with van der Waals surface area (Å²) in [6, 6.07) is 2.09. The average Bonchev–Trinajstić information content (AvgIpc) is 2.10. The van der Waals surface area contributed by atoms with Gasteiger partial charge < -0.3 is 0 Å². The number of hydrogen-bond donors (Lipinski definition) is 0. The Morgan fingerprint density at radius 3 is 2.00 bits per heavy atom. The molecule has 0 aliphatic rings. The lowest BCUT2D eigenvalue weighted by atomic mass is 10.2. The highest BCUT2D eigenvalue weighted by Crippen LogP contribution is 2.39. The van der Waals surface area contributed by atoms with Gasteiger partial charge in [-0.2, -0.15) is 0 Å². The highest BCUT2D eigenvalue weighted by atomic mass is 79.9. The second-order valence-corrected chi connectivity index (χ2v) is 9.23. The van der Waals surface area contributed by atoms with Crippen molar-refractivity contribution in [1.29, 1.82) is 0 Å². The maximum absolute atomic E-state index is 3.55. The van der Waals surface area contributed by atoms with Crippen LogP contribution in [0.2, 0.25) is 0 Å². The topological polar surface area (TPSA) is 0 Å². The summed E-state index contributed by atoms with van der Waals surface area (Å²) in [5, 5.41) is 0. The van der Waals surface area contributed by atoms with E-state index in [1.165, 1.54) is 5.56 Å². The zero-order chi connectivity index (χ0) is 10.9. The van der Waals surface area contributed by atoms with Gasteiger partial charge in [-0.3, -0.25) is 0 Å².